The van der Waals surface area contributed by atoms with Crippen LogP contribution in [-0.2, 0) is 6.42 Å². The molecule has 0 saturated carbocycles. The fourth-order valence-electron chi connectivity index (χ4n) is 1.05. The van der Waals surface area contributed by atoms with Crippen LogP contribution in [0.4, 0.5) is 0 Å². The number of pyridine rings is 1. The zero-order chi connectivity index (χ0) is 9.36. The number of allylic oxidation sites excluding steroid dienone is 2. The highest BCUT2D eigenvalue weighted by atomic mass is 16.2. The third-order valence-corrected chi connectivity index (χ3v) is 1.75. The standard InChI is InChI=1S/C11H15NO/c13-10-6-2-1-3-7-11-8-4-5-9-12-11/h1,3-5,8-9,13H,2,6-7,10H2/b3-1+. The molecule has 1 aromatic rings. The van der Waals surface area contributed by atoms with E-state index < -0.39 is 0 Å². The number of unbranched alkanes of at least 4 members (excludes halogenated alkanes) is 1. The summed E-state index contributed by atoms with van der Waals surface area (Å²) in [7, 11) is 0. The predicted molar refractivity (Wildman–Crippen MR) is 53.4 cm³/mol. The van der Waals surface area contributed by atoms with Gasteiger partial charge < -0.3 is 5.11 Å². The highest BCUT2D eigenvalue weighted by molar-refractivity contribution is 5.07. The molecule has 0 bridgehead atoms. The van der Waals surface area contributed by atoms with Gasteiger partial charge in [0.25, 0.3) is 0 Å². The number of aliphatic hydroxyl groups is 1. The molecule has 0 fully saturated rings. The highest BCUT2D eigenvalue weighted by Gasteiger charge is 1.86. The molecule has 13 heavy (non-hydrogen) atoms. The van der Waals surface area contributed by atoms with E-state index in [2.05, 4.69) is 17.1 Å². The van der Waals surface area contributed by atoms with Crippen molar-refractivity contribution in [3.63, 3.8) is 0 Å². The van der Waals surface area contributed by atoms with E-state index in [1.165, 1.54) is 0 Å². The summed E-state index contributed by atoms with van der Waals surface area (Å²) in [5.74, 6) is 0. The van der Waals surface area contributed by atoms with E-state index >= 15 is 0 Å². The van der Waals surface area contributed by atoms with Crippen LogP contribution in [-0.4, -0.2) is 16.7 Å². The average Bonchev–Trinajstić information content (AvgIpc) is 2.19. The lowest BCUT2D eigenvalue weighted by Crippen LogP contribution is -1.84. The second-order valence-corrected chi connectivity index (χ2v) is 2.86. The molecule has 0 aliphatic carbocycles. The molecule has 0 aromatic carbocycles. The Hall–Kier alpha value is -1.15. The summed E-state index contributed by atoms with van der Waals surface area (Å²) < 4.78 is 0. The first-order valence-electron chi connectivity index (χ1n) is 4.59. The molecule has 1 heterocycles. The number of rotatable bonds is 5. The molecule has 0 spiro atoms. The van der Waals surface area contributed by atoms with E-state index in [0.717, 1.165) is 25.0 Å². The Bertz CT molecular complexity index is 244. The smallest absolute Gasteiger partial charge is 0.0441 e. The predicted octanol–water partition coefficient (Wildman–Crippen LogP) is 1.95. The normalized spacial score (nSPS) is 10.8. The second kappa shape index (κ2) is 6.38. The maximum absolute atomic E-state index is 8.54. The Morgan fingerprint density at radius 1 is 1.31 bits per heavy atom. The average molecular weight is 177 g/mol. The zero-order valence-corrected chi connectivity index (χ0v) is 7.69. The van der Waals surface area contributed by atoms with E-state index in [4.69, 9.17) is 5.11 Å². The molecule has 2 heteroatoms. The first-order chi connectivity index (χ1) is 6.43. The van der Waals surface area contributed by atoms with Gasteiger partial charge in [0.2, 0.25) is 0 Å². The lowest BCUT2D eigenvalue weighted by molar-refractivity contribution is 0.289. The minimum absolute atomic E-state index is 0.272. The van der Waals surface area contributed by atoms with Crippen molar-refractivity contribution in [3.8, 4) is 0 Å². The van der Waals surface area contributed by atoms with Crippen molar-refractivity contribution in [3.05, 3.63) is 42.2 Å². The zero-order valence-electron chi connectivity index (χ0n) is 7.69. The highest BCUT2D eigenvalue weighted by Crippen LogP contribution is 1.97. The van der Waals surface area contributed by atoms with Crippen LogP contribution in [0.15, 0.2) is 36.5 Å². The molecule has 1 rings (SSSR count). The first kappa shape index (κ1) is 9.93. The second-order valence-electron chi connectivity index (χ2n) is 2.86. The van der Waals surface area contributed by atoms with E-state index in [9.17, 15) is 0 Å². The van der Waals surface area contributed by atoms with Crippen molar-refractivity contribution in [2.45, 2.75) is 19.3 Å². The van der Waals surface area contributed by atoms with Crippen LogP contribution in [0, 0.1) is 0 Å². The summed E-state index contributed by atoms with van der Waals surface area (Å²) in [5, 5.41) is 8.54. The van der Waals surface area contributed by atoms with Gasteiger partial charge in [-0.15, -0.1) is 0 Å². The van der Waals surface area contributed by atoms with Crippen LogP contribution >= 0.6 is 0 Å². The van der Waals surface area contributed by atoms with E-state index in [-0.39, 0.29) is 6.61 Å². The molecule has 0 saturated heterocycles. The summed E-state index contributed by atoms with van der Waals surface area (Å²) in [6.45, 7) is 0.272. The molecular weight excluding hydrogens is 162 g/mol. The van der Waals surface area contributed by atoms with Crippen molar-refractivity contribution >= 4 is 0 Å². The molecular formula is C11H15NO. The summed E-state index contributed by atoms with van der Waals surface area (Å²) in [6.07, 6.45) is 8.66. The Morgan fingerprint density at radius 3 is 2.92 bits per heavy atom. The largest absolute Gasteiger partial charge is 0.396 e. The molecule has 70 valence electrons. The van der Waals surface area contributed by atoms with Gasteiger partial charge in [-0.1, -0.05) is 18.2 Å². The number of aromatic nitrogens is 1. The fourth-order valence-corrected chi connectivity index (χ4v) is 1.05. The van der Waals surface area contributed by atoms with Gasteiger partial charge in [-0.2, -0.15) is 0 Å². The van der Waals surface area contributed by atoms with Crippen molar-refractivity contribution in [2.75, 3.05) is 6.61 Å². The molecule has 0 amide bonds. The third kappa shape index (κ3) is 4.43. The van der Waals surface area contributed by atoms with E-state index in [1.807, 2.05) is 18.2 Å². The Kier molecular flexibility index (Phi) is 4.87. The summed E-state index contributed by atoms with van der Waals surface area (Å²) in [5.41, 5.74) is 1.09. The van der Waals surface area contributed by atoms with Crippen molar-refractivity contribution in [2.24, 2.45) is 0 Å². The summed E-state index contributed by atoms with van der Waals surface area (Å²) in [4.78, 5) is 4.20. The van der Waals surface area contributed by atoms with Crippen LogP contribution in [0.2, 0.25) is 0 Å². The minimum Gasteiger partial charge on any atom is -0.396 e. The van der Waals surface area contributed by atoms with Crippen LogP contribution in [0.5, 0.6) is 0 Å². The van der Waals surface area contributed by atoms with Crippen LogP contribution in [0.1, 0.15) is 18.5 Å². The maximum Gasteiger partial charge on any atom is 0.0441 e. The van der Waals surface area contributed by atoms with Gasteiger partial charge in [-0.25, -0.2) is 0 Å². The molecule has 0 atom stereocenters. The molecule has 1 aromatic heterocycles. The lowest BCUT2D eigenvalue weighted by Gasteiger charge is -1.93. The maximum atomic E-state index is 8.54. The Morgan fingerprint density at radius 2 is 2.23 bits per heavy atom. The Balaban J connectivity index is 2.23. The Labute approximate surface area is 78.9 Å². The monoisotopic (exact) mass is 177 g/mol. The van der Waals surface area contributed by atoms with Crippen LogP contribution < -0.4 is 0 Å². The van der Waals surface area contributed by atoms with Gasteiger partial charge >= 0.3 is 0 Å². The number of nitrogens with zero attached hydrogens (tertiary/aromatic N) is 1. The van der Waals surface area contributed by atoms with Crippen molar-refractivity contribution in [1.29, 1.82) is 0 Å². The van der Waals surface area contributed by atoms with Crippen LogP contribution in [0.25, 0.3) is 0 Å². The van der Waals surface area contributed by atoms with Gasteiger partial charge in [0, 0.05) is 24.9 Å². The quantitative estimate of drug-likeness (QED) is 0.551. The number of aliphatic hydroxyl groups excluding tert-OH is 1. The third-order valence-electron chi connectivity index (χ3n) is 1.75. The molecule has 2 nitrogen and oxygen atoms in total. The van der Waals surface area contributed by atoms with Gasteiger partial charge in [0.05, 0.1) is 0 Å². The van der Waals surface area contributed by atoms with Crippen molar-refractivity contribution in [1.82, 2.24) is 4.98 Å². The van der Waals surface area contributed by atoms with Gasteiger partial charge in [-0.3, -0.25) is 4.98 Å². The van der Waals surface area contributed by atoms with Crippen LogP contribution in [0.3, 0.4) is 0 Å². The summed E-state index contributed by atoms with van der Waals surface area (Å²) >= 11 is 0. The lowest BCUT2D eigenvalue weighted by atomic mass is 10.2. The van der Waals surface area contributed by atoms with Crippen molar-refractivity contribution < 1.29 is 5.11 Å². The molecule has 0 unspecified atom stereocenters. The van der Waals surface area contributed by atoms with E-state index in [1.54, 1.807) is 6.20 Å². The summed E-state index contributed by atoms with van der Waals surface area (Å²) in [6, 6.07) is 5.92. The van der Waals surface area contributed by atoms with Gasteiger partial charge in [0.1, 0.15) is 0 Å². The van der Waals surface area contributed by atoms with E-state index in [0.29, 0.717) is 0 Å². The minimum atomic E-state index is 0.272. The number of hydrogen-bond donors (Lipinski definition) is 1. The molecule has 1 N–H and O–H groups in total. The molecule has 0 radical (unpaired) electrons. The fraction of sp³-hybridized carbons (Fsp3) is 0.364. The van der Waals surface area contributed by atoms with Gasteiger partial charge in [-0.05, 0) is 25.0 Å². The van der Waals surface area contributed by atoms with Gasteiger partial charge in [0.15, 0.2) is 0 Å². The molecule has 0 aliphatic rings. The first-order valence-corrected chi connectivity index (χ1v) is 4.59. The molecule has 0 aliphatic heterocycles. The number of hydrogen-bond acceptors (Lipinski definition) is 2. The SMILES string of the molecule is OCCC/C=C/Cc1ccccn1. The topological polar surface area (TPSA) is 33.1 Å².